The van der Waals surface area contributed by atoms with Gasteiger partial charge in [0.1, 0.15) is 12.4 Å². The lowest BCUT2D eigenvalue weighted by Gasteiger charge is -2.19. The number of hydrogen-bond donors (Lipinski definition) is 0. The van der Waals surface area contributed by atoms with Crippen LogP contribution in [-0.4, -0.2) is 31.4 Å². The molecule has 1 aliphatic heterocycles. The Kier molecular flexibility index (Phi) is 4.10. The number of methoxy groups -OCH3 is 1. The minimum Gasteiger partial charge on any atom is -0.491 e. The Balaban J connectivity index is 1.85. The van der Waals surface area contributed by atoms with Crippen molar-refractivity contribution in [2.75, 3.05) is 13.7 Å². The third-order valence-electron chi connectivity index (χ3n) is 3.27. The van der Waals surface area contributed by atoms with Crippen LogP contribution in [0.2, 0.25) is 0 Å². The lowest BCUT2D eigenvalue weighted by molar-refractivity contribution is -0.0326. The van der Waals surface area contributed by atoms with Gasteiger partial charge >= 0.3 is 5.97 Å². The van der Waals surface area contributed by atoms with Gasteiger partial charge in [-0.05, 0) is 51.0 Å². The first-order valence-electron chi connectivity index (χ1n) is 6.49. The Morgan fingerprint density at radius 1 is 1.37 bits per heavy atom. The van der Waals surface area contributed by atoms with Crippen molar-refractivity contribution in [3.63, 3.8) is 0 Å². The van der Waals surface area contributed by atoms with E-state index in [-0.39, 0.29) is 17.7 Å². The predicted octanol–water partition coefficient (Wildman–Crippen LogP) is 2.81. The molecule has 1 heterocycles. The molecule has 0 N–H and O–H groups in total. The highest BCUT2D eigenvalue weighted by molar-refractivity contribution is 5.89. The Morgan fingerprint density at radius 2 is 2.05 bits per heavy atom. The van der Waals surface area contributed by atoms with Gasteiger partial charge in [-0.1, -0.05) is 0 Å². The maximum Gasteiger partial charge on any atom is 0.337 e. The van der Waals surface area contributed by atoms with Crippen LogP contribution in [0.1, 0.15) is 37.0 Å². The molecule has 0 aromatic heterocycles. The van der Waals surface area contributed by atoms with Gasteiger partial charge in [-0.25, -0.2) is 4.79 Å². The van der Waals surface area contributed by atoms with Crippen molar-refractivity contribution in [1.82, 2.24) is 0 Å². The smallest absolute Gasteiger partial charge is 0.337 e. The van der Waals surface area contributed by atoms with Crippen molar-refractivity contribution in [2.45, 2.75) is 38.4 Å². The van der Waals surface area contributed by atoms with Gasteiger partial charge in [0.15, 0.2) is 0 Å². The van der Waals surface area contributed by atoms with Crippen molar-refractivity contribution in [2.24, 2.45) is 0 Å². The van der Waals surface area contributed by atoms with E-state index in [9.17, 15) is 4.79 Å². The second kappa shape index (κ2) is 5.61. The standard InChI is InChI=1S/C15H20O4/c1-15(2)9-8-13(19-15)10-18-12-6-4-11(5-7-12)14(16)17-3/h4-7,13H,8-10H2,1-3H3. The van der Waals surface area contributed by atoms with Crippen LogP contribution >= 0.6 is 0 Å². The molecule has 1 saturated heterocycles. The molecule has 1 aromatic rings. The first kappa shape index (κ1) is 13.9. The summed E-state index contributed by atoms with van der Waals surface area (Å²) in [5.41, 5.74) is 0.482. The minimum atomic E-state index is -0.340. The Bertz CT molecular complexity index is 436. The van der Waals surface area contributed by atoms with Crippen molar-refractivity contribution < 1.29 is 19.0 Å². The molecule has 0 radical (unpaired) electrons. The molecule has 0 bridgehead atoms. The quantitative estimate of drug-likeness (QED) is 0.784. The third kappa shape index (κ3) is 3.70. The zero-order valence-electron chi connectivity index (χ0n) is 11.6. The van der Waals surface area contributed by atoms with Gasteiger partial charge in [-0.3, -0.25) is 0 Å². The van der Waals surface area contributed by atoms with Gasteiger partial charge < -0.3 is 14.2 Å². The second-order valence-electron chi connectivity index (χ2n) is 5.37. The number of ether oxygens (including phenoxy) is 3. The summed E-state index contributed by atoms with van der Waals surface area (Å²) in [4.78, 5) is 11.3. The summed E-state index contributed by atoms with van der Waals surface area (Å²) in [5, 5.41) is 0. The molecule has 1 fully saturated rings. The number of carbonyl (C=O) groups excluding carboxylic acids is 1. The van der Waals surface area contributed by atoms with E-state index in [4.69, 9.17) is 9.47 Å². The molecular weight excluding hydrogens is 244 g/mol. The maximum atomic E-state index is 11.3. The fourth-order valence-corrected chi connectivity index (χ4v) is 2.19. The average molecular weight is 264 g/mol. The molecule has 1 atom stereocenters. The molecule has 1 aliphatic rings. The van der Waals surface area contributed by atoms with Crippen LogP contribution in [0.15, 0.2) is 24.3 Å². The third-order valence-corrected chi connectivity index (χ3v) is 3.27. The molecule has 0 amide bonds. The van der Waals surface area contributed by atoms with Gasteiger partial charge in [0.25, 0.3) is 0 Å². The van der Waals surface area contributed by atoms with E-state index < -0.39 is 0 Å². The van der Waals surface area contributed by atoms with Gasteiger partial charge in [-0.15, -0.1) is 0 Å². The summed E-state index contributed by atoms with van der Waals surface area (Å²) >= 11 is 0. The second-order valence-corrected chi connectivity index (χ2v) is 5.37. The van der Waals surface area contributed by atoms with Crippen molar-refractivity contribution >= 4 is 5.97 Å². The first-order chi connectivity index (χ1) is 9.00. The van der Waals surface area contributed by atoms with Gasteiger partial charge in [0.05, 0.1) is 24.4 Å². The Morgan fingerprint density at radius 3 is 2.58 bits per heavy atom. The molecule has 104 valence electrons. The highest BCUT2D eigenvalue weighted by Crippen LogP contribution is 2.29. The molecule has 19 heavy (non-hydrogen) atoms. The zero-order chi connectivity index (χ0) is 13.9. The lowest BCUT2D eigenvalue weighted by Crippen LogP contribution is -2.23. The molecule has 1 unspecified atom stereocenters. The van der Waals surface area contributed by atoms with Gasteiger partial charge in [0.2, 0.25) is 0 Å². The van der Waals surface area contributed by atoms with E-state index in [0.717, 1.165) is 18.6 Å². The van der Waals surface area contributed by atoms with Crippen LogP contribution in [-0.2, 0) is 9.47 Å². The Hall–Kier alpha value is -1.55. The van der Waals surface area contributed by atoms with Crippen LogP contribution in [0.25, 0.3) is 0 Å². The summed E-state index contributed by atoms with van der Waals surface area (Å²) < 4.78 is 16.2. The number of esters is 1. The summed E-state index contributed by atoms with van der Waals surface area (Å²) in [6.45, 7) is 4.73. The summed E-state index contributed by atoms with van der Waals surface area (Å²) in [6.07, 6.45) is 2.23. The predicted molar refractivity (Wildman–Crippen MR) is 71.5 cm³/mol. The average Bonchev–Trinajstić information content (AvgIpc) is 2.76. The first-order valence-corrected chi connectivity index (χ1v) is 6.49. The SMILES string of the molecule is COC(=O)c1ccc(OCC2CCC(C)(C)O2)cc1. The van der Waals surface area contributed by atoms with Crippen LogP contribution in [0, 0.1) is 0 Å². The van der Waals surface area contributed by atoms with E-state index in [2.05, 4.69) is 18.6 Å². The fourth-order valence-electron chi connectivity index (χ4n) is 2.19. The van der Waals surface area contributed by atoms with Crippen LogP contribution < -0.4 is 4.74 Å². The molecule has 0 spiro atoms. The number of carbonyl (C=O) groups is 1. The molecule has 4 nitrogen and oxygen atoms in total. The zero-order valence-corrected chi connectivity index (χ0v) is 11.6. The van der Waals surface area contributed by atoms with E-state index >= 15 is 0 Å². The number of hydrogen-bond acceptors (Lipinski definition) is 4. The maximum absolute atomic E-state index is 11.3. The topological polar surface area (TPSA) is 44.8 Å². The van der Waals surface area contributed by atoms with Gasteiger partial charge in [0, 0.05) is 0 Å². The molecule has 1 aromatic carbocycles. The fraction of sp³-hybridized carbons (Fsp3) is 0.533. The summed E-state index contributed by atoms with van der Waals surface area (Å²) in [6, 6.07) is 6.93. The van der Waals surface area contributed by atoms with Crippen molar-refractivity contribution in [1.29, 1.82) is 0 Å². The van der Waals surface area contributed by atoms with E-state index in [1.807, 2.05) is 0 Å². The highest BCUT2D eigenvalue weighted by Gasteiger charge is 2.31. The monoisotopic (exact) mass is 264 g/mol. The van der Waals surface area contributed by atoms with Crippen LogP contribution in [0.4, 0.5) is 0 Å². The summed E-state index contributed by atoms with van der Waals surface area (Å²) in [7, 11) is 1.37. The molecule has 0 saturated carbocycles. The van der Waals surface area contributed by atoms with E-state index in [0.29, 0.717) is 12.2 Å². The molecular formula is C15H20O4. The van der Waals surface area contributed by atoms with Crippen LogP contribution in [0.5, 0.6) is 5.75 Å². The molecule has 4 heteroatoms. The number of benzene rings is 1. The minimum absolute atomic E-state index is 0.0389. The largest absolute Gasteiger partial charge is 0.491 e. The van der Waals surface area contributed by atoms with Crippen LogP contribution in [0.3, 0.4) is 0 Å². The lowest BCUT2D eigenvalue weighted by atomic mass is 10.1. The normalized spacial score (nSPS) is 21.1. The van der Waals surface area contributed by atoms with Gasteiger partial charge in [-0.2, -0.15) is 0 Å². The van der Waals surface area contributed by atoms with Crippen molar-refractivity contribution in [3.8, 4) is 5.75 Å². The highest BCUT2D eigenvalue weighted by atomic mass is 16.6. The van der Waals surface area contributed by atoms with E-state index in [1.54, 1.807) is 24.3 Å². The molecule has 2 rings (SSSR count). The Labute approximate surface area is 113 Å². The number of rotatable bonds is 4. The summed E-state index contributed by atoms with van der Waals surface area (Å²) in [5.74, 6) is 0.397. The molecule has 0 aliphatic carbocycles. The van der Waals surface area contributed by atoms with E-state index in [1.165, 1.54) is 7.11 Å². The van der Waals surface area contributed by atoms with Crippen molar-refractivity contribution in [3.05, 3.63) is 29.8 Å².